The summed E-state index contributed by atoms with van der Waals surface area (Å²) in [5, 5.41) is 3.21. The molecule has 2 atom stereocenters. The molecule has 0 fully saturated rings. The summed E-state index contributed by atoms with van der Waals surface area (Å²) in [7, 11) is 0. The van der Waals surface area contributed by atoms with Gasteiger partial charge < -0.3 is 14.1 Å². The first-order valence-electron chi connectivity index (χ1n) is 8.06. The van der Waals surface area contributed by atoms with Gasteiger partial charge in [0.15, 0.2) is 5.78 Å². The van der Waals surface area contributed by atoms with Crippen LogP contribution < -0.4 is 5.32 Å². The highest BCUT2D eigenvalue weighted by atomic mass is 16.5. The molecule has 2 aromatic heterocycles. The third-order valence-corrected chi connectivity index (χ3v) is 4.03. The first-order chi connectivity index (χ1) is 11.4. The first-order valence-corrected chi connectivity index (χ1v) is 8.06. The van der Waals surface area contributed by atoms with Gasteiger partial charge in [0, 0.05) is 5.69 Å². The van der Waals surface area contributed by atoms with Crippen molar-refractivity contribution in [3.63, 3.8) is 0 Å². The third kappa shape index (κ3) is 3.59. The molecule has 0 aliphatic rings. The van der Waals surface area contributed by atoms with Gasteiger partial charge in [-0.15, -0.1) is 0 Å². The molecule has 0 radical (unpaired) electrons. The monoisotopic (exact) mass is 332 g/mol. The molecule has 0 aromatic carbocycles. The maximum Gasteiger partial charge on any atom is 0.340 e. The molecular formula is C18H24N2O4. The Kier molecular flexibility index (Phi) is 5.62. The summed E-state index contributed by atoms with van der Waals surface area (Å²) in [4.78, 5) is 27.8. The maximum atomic E-state index is 12.7. The lowest BCUT2D eigenvalue weighted by Gasteiger charge is -2.17. The summed E-state index contributed by atoms with van der Waals surface area (Å²) in [6, 6.07) is 3.14. The minimum atomic E-state index is -0.433. The quantitative estimate of drug-likeness (QED) is 0.600. The van der Waals surface area contributed by atoms with Gasteiger partial charge in [0.2, 0.25) is 0 Å². The second kappa shape index (κ2) is 7.49. The van der Waals surface area contributed by atoms with Crippen molar-refractivity contribution in [3.8, 4) is 0 Å². The van der Waals surface area contributed by atoms with Crippen LogP contribution in [0.1, 0.15) is 64.7 Å². The van der Waals surface area contributed by atoms with Crippen molar-refractivity contribution < 1.29 is 18.7 Å². The molecular weight excluding hydrogens is 308 g/mol. The Hall–Kier alpha value is -2.34. The fourth-order valence-corrected chi connectivity index (χ4v) is 2.79. The van der Waals surface area contributed by atoms with E-state index >= 15 is 0 Å². The minimum Gasteiger partial charge on any atom is -0.468 e. The average Bonchev–Trinajstić information content (AvgIpc) is 3.15. The molecule has 0 amide bonds. The number of hydrogen-bond acceptors (Lipinski definition) is 5. The highest BCUT2D eigenvalue weighted by molar-refractivity contribution is 6.03. The van der Waals surface area contributed by atoms with Gasteiger partial charge in [-0.2, -0.15) is 0 Å². The number of aryl methyl sites for hydroxylation is 1. The van der Waals surface area contributed by atoms with Gasteiger partial charge in [-0.25, -0.2) is 4.79 Å². The summed E-state index contributed by atoms with van der Waals surface area (Å²) in [5.41, 5.74) is 2.13. The van der Waals surface area contributed by atoms with Crippen LogP contribution in [0, 0.1) is 13.8 Å². The number of furan rings is 1. The lowest BCUT2D eigenvalue weighted by Crippen LogP contribution is -2.36. The fourth-order valence-electron chi connectivity index (χ4n) is 2.79. The first kappa shape index (κ1) is 18.0. The standard InChI is InChI=1S/C18H24N2O4/c1-6-23-18(22)15-10(2)16(20-12(15)4)17(21)13(5)19-11(3)14-8-7-9-24-14/h7-9,11,13,19-20H,6H2,1-5H3/t11-,13-/m1/s1. The van der Waals surface area contributed by atoms with Crippen molar-refractivity contribution in [2.45, 2.75) is 46.7 Å². The topological polar surface area (TPSA) is 84.3 Å². The molecule has 0 saturated carbocycles. The number of H-pyrrole nitrogens is 1. The van der Waals surface area contributed by atoms with Crippen LogP contribution >= 0.6 is 0 Å². The molecule has 2 aromatic rings. The number of ether oxygens (including phenoxy) is 1. The van der Waals surface area contributed by atoms with Gasteiger partial charge in [0.05, 0.1) is 36.2 Å². The summed E-state index contributed by atoms with van der Waals surface area (Å²) in [5.74, 6) is 0.248. The number of rotatable bonds is 7. The molecule has 0 aliphatic heterocycles. The number of carbonyl (C=O) groups excluding carboxylic acids is 2. The highest BCUT2D eigenvalue weighted by Crippen LogP contribution is 2.21. The summed E-state index contributed by atoms with van der Waals surface area (Å²) in [6.45, 7) is 9.29. The predicted octanol–water partition coefficient (Wildman–Crippen LogP) is 3.32. The zero-order valence-corrected chi connectivity index (χ0v) is 14.7. The number of esters is 1. The van der Waals surface area contributed by atoms with Crippen molar-refractivity contribution >= 4 is 11.8 Å². The number of nitrogens with one attached hydrogen (secondary N) is 2. The Labute approximate surface area is 141 Å². The molecule has 0 unspecified atom stereocenters. The van der Waals surface area contributed by atoms with Crippen LogP contribution in [-0.2, 0) is 4.74 Å². The number of aromatic nitrogens is 1. The predicted molar refractivity (Wildman–Crippen MR) is 90.3 cm³/mol. The van der Waals surface area contributed by atoms with Gasteiger partial charge in [0.1, 0.15) is 5.76 Å². The SMILES string of the molecule is CCOC(=O)c1c(C)[nH]c(C(=O)[C@@H](C)N[C@H](C)c2ccco2)c1C. The molecule has 2 rings (SSSR count). The van der Waals surface area contributed by atoms with E-state index in [1.54, 1.807) is 34.0 Å². The molecule has 6 heteroatoms. The van der Waals surface area contributed by atoms with E-state index in [9.17, 15) is 9.59 Å². The van der Waals surface area contributed by atoms with Gasteiger partial charge in [-0.3, -0.25) is 10.1 Å². The molecule has 2 heterocycles. The van der Waals surface area contributed by atoms with Crippen LogP contribution in [0.25, 0.3) is 0 Å². The largest absolute Gasteiger partial charge is 0.468 e. The van der Waals surface area contributed by atoms with Crippen molar-refractivity contribution in [1.29, 1.82) is 0 Å². The molecule has 0 bridgehead atoms. The number of ketones is 1. The molecule has 130 valence electrons. The van der Waals surface area contributed by atoms with Gasteiger partial charge in [-0.1, -0.05) is 0 Å². The van der Waals surface area contributed by atoms with E-state index in [-0.39, 0.29) is 11.8 Å². The average molecular weight is 332 g/mol. The summed E-state index contributed by atoms with van der Waals surface area (Å²) in [6.07, 6.45) is 1.60. The van der Waals surface area contributed by atoms with E-state index in [1.165, 1.54) is 0 Å². The summed E-state index contributed by atoms with van der Waals surface area (Å²) < 4.78 is 10.4. The Balaban J connectivity index is 2.17. The normalized spacial score (nSPS) is 13.5. The Morgan fingerprint density at radius 2 is 2.04 bits per heavy atom. The van der Waals surface area contributed by atoms with Crippen LogP contribution in [0.3, 0.4) is 0 Å². The zero-order chi connectivity index (χ0) is 17.9. The van der Waals surface area contributed by atoms with E-state index in [0.717, 1.165) is 5.76 Å². The second-order valence-corrected chi connectivity index (χ2v) is 5.84. The van der Waals surface area contributed by atoms with Crippen LogP contribution in [0.5, 0.6) is 0 Å². The lowest BCUT2D eigenvalue weighted by atomic mass is 10.0. The fraction of sp³-hybridized carbons (Fsp3) is 0.444. The van der Waals surface area contributed by atoms with Gasteiger partial charge in [0.25, 0.3) is 0 Å². The minimum absolute atomic E-state index is 0.0974. The van der Waals surface area contributed by atoms with Crippen molar-refractivity contribution in [3.05, 3.63) is 46.7 Å². The van der Waals surface area contributed by atoms with E-state index in [2.05, 4.69) is 10.3 Å². The van der Waals surface area contributed by atoms with E-state index < -0.39 is 12.0 Å². The van der Waals surface area contributed by atoms with E-state index in [1.807, 2.05) is 19.1 Å². The van der Waals surface area contributed by atoms with Crippen LogP contribution in [0.2, 0.25) is 0 Å². The van der Waals surface area contributed by atoms with Crippen LogP contribution in [-0.4, -0.2) is 29.4 Å². The zero-order valence-electron chi connectivity index (χ0n) is 14.7. The number of Topliss-reactive ketones (excluding diaryl/α,β-unsaturated/α-hetero) is 1. The van der Waals surface area contributed by atoms with E-state index in [0.29, 0.717) is 29.1 Å². The van der Waals surface area contributed by atoms with E-state index in [4.69, 9.17) is 9.15 Å². The van der Waals surface area contributed by atoms with Crippen molar-refractivity contribution in [1.82, 2.24) is 10.3 Å². The Bertz CT molecular complexity index is 716. The molecule has 2 N–H and O–H groups in total. The molecule has 0 saturated heterocycles. The molecule has 24 heavy (non-hydrogen) atoms. The molecule has 0 aliphatic carbocycles. The van der Waals surface area contributed by atoms with Crippen LogP contribution in [0.4, 0.5) is 0 Å². The Morgan fingerprint density at radius 3 is 2.62 bits per heavy atom. The van der Waals surface area contributed by atoms with Gasteiger partial charge >= 0.3 is 5.97 Å². The maximum absolute atomic E-state index is 12.7. The van der Waals surface area contributed by atoms with Crippen molar-refractivity contribution in [2.75, 3.05) is 6.61 Å². The Morgan fingerprint density at radius 1 is 1.33 bits per heavy atom. The third-order valence-electron chi connectivity index (χ3n) is 4.03. The molecule has 0 spiro atoms. The lowest BCUT2D eigenvalue weighted by molar-refractivity contribution is 0.0525. The van der Waals surface area contributed by atoms with Crippen LogP contribution in [0.15, 0.2) is 22.8 Å². The second-order valence-electron chi connectivity index (χ2n) is 5.84. The smallest absolute Gasteiger partial charge is 0.340 e. The number of hydrogen-bond donors (Lipinski definition) is 2. The van der Waals surface area contributed by atoms with Crippen molar-refractivity contribution in [2.24, 2.45) is 0 Å². The number of carbonyl (C=O) groups is 2. The summed E-state index contributed by atoms with van der Waals surface area (Å²) >= 11 is 0. The molecule has 6 nitrogen and oxygen atoms in total. The van der Waals surface area contributed by atoms with Gasteiger partial charge in [-0.05, 0) is 52.3 Å². The number of aromatic amines is 1. The highest BCUT2D eigenvalue weighted by Gasteiger charge is 2.26.